The van der Waals surface area contributed by atoms with Gasteiger partial charge in [0, 0.05) is 52.3 Å². The van der Waals surface area contributed by atoms with Crippen LogP contribution in [0.1, 0.15) is 0 Å². The third kappa shape index (κ3) is 4.29. The Kier molecular flexibility index (Phi) is 5.82. The molecule has 9 rings (SSSR count). The topological polar surface area (TPSA) is 38.9 Å². The predicted molar refractivity (Wildman–Crippen MR) is 186 cm³/mol. The molecule has 3 heteroatoms. The van der Waals surface area contributed by atoms with Gasteiger partial charge in [-0.05, 0) is 91.8 Å². The molecule has 210 valence electrons. The van der Waals surface area contributed by atoms with E-state index in [0.717, 1.165) is 55.7 Å². The minimum absolute atomic E-state index is 0.910. The lowest BCUT2D eigenvalue weighted by molar-refractivity contribution is 0.670. The Bertz CT molecular complexity index is 2460. The van der Waals surface area contributed by atoms with E-state index < -0.39 is 0 Å². The van der Waals surface area contributed by atoms with Gasteiger partial charge in [0.2, 0.25) is 0 Å². The van der Waals surface area contributed by atoms with Gasteiger partial charge in [-0.3, -0.25) is 9.97 Å². The van der Waals surface area contributed by atoms with Crippen molar-refractivity contribution in [1.82, 2.24) is 9.97 Å². The van der Waals surface area contributed by atoms with E-state index in [2.05, 4.69) is 131 Å². The Morgan fingerprint density at radius 1 is 0.400 bits per heavy atom. The van der Waals surface area contributed by atoms with Crippen molar-refractivity contribution in [3.05, 3.63) is 158 Å². The van der Waals surface area contributed by atoms with Crippen LogP contribution >= 0.6 is 0 Å². The summed E-state index contributed by atoms with van der Waals surface area (Å²) in [6, 6.07) is 47.4. The van der Waals surface area contributed by atoms with Crippen LogP contribution in [0.4, 0.5) is 0 Å². The molecular weight excluding hydrogens is 548 g/mol. The zero-order chi connectivity index (χ0) is 29.7. The van der Waals surface area contributed by atoms with E-state index in [0.29, 0.717) is 0 Å². The Morgan fingerprint density at radius 2 is 0.978 bits per heavy atom. The molecule has 0 fully saturated rings. The molecule has 45 heavy (non-hydrogen) atoms. The summed E-state index contributed by atoms with van der Waals surface area (Å²) in [7, 11) is 0. The molecule has 0 aliphatic heterocycles. The number of fused-ring (bicyclic) bond motifs is 7. The summed E-state index contributed by atoms with van der Waals surface area (Å²) in [5.41, 5.74) is 10.7. The summed E-state index contributed by atoms with van der Waals surface area (Å²) in [5.74, 6) is 0. The molecular formula is C42H26N2O. The highest BCUT2D eigenvalue weighted by atomic mass is 16.3. The maximum atomic E-state index is 6.69. The molecule has 0 amide bonds. The molecule has 3 nitrogen and oxygen atoms in total. The molecule has 0 aliphatic carbocycles. The Balaban J connectivity index is 1.22. The van der Waals surface area contributed by atoms with Crippen molar-refractivity contribution in [3.8, 4) is 44.5 Å². The van der Waals surface area contributed by atoms with Gasteiger partial charge in [0.05, 0.1) is 0 Å². The van der Waals surface area contributed by atoms with Crippen LogP contribution < -0.4 is 0 Å². The molecule has 0 spiro atoms. The van der Waals surface area contributed by atoms with Gasteiger partial charge in [-0.1, -0.05) is 91.0 Å². The molecule has 9 aromatic rings. The first-order chi connectivity index (χ1) is 22.3. The minimum atomic E-state index is 0.910. The van der Waals surface area contributed by atoms with Crippen LogP contribution in [0, 0.1) is 0 Å². The van der Waals surface area contributed by atoms with E-state index in [1.54, 1.807) is 0 Å². The number of hydrogen-bond acceptors (Lipinski definition) is 3. The maximum Gasteiger partial charge on any atom is 0.143 e. The number of rotatable bonds is 4. The fourth-order valence-electron chi connectivity index (χ4n) is 6.64. The van der Waals surface area contributed by atoms with Crippen LogP contribution in [-0.2, 0) is 0 Å². The van der Waals surface area contributed by atoms with E-state index in [1.807, 2.05) is 36.9 Å². The van der Waals surface area contributed by atoms with Crippen LogP contribution in [0.3, 0.4) is 0 Å². The first-order valence-electron chi connectivity index (χ1n) is 15.1. The molecule has 0 radical (unpaired) electrons. The summed E-state index contributed by atoms with van der Waals surface area (Å²) in [6.45, 7) is 0. The van der Waals surface area contributed by atoms with Gasteiger partial charge in [-0.2, -0.15) is 0 Å². The van der Waals surface area contributed by atoms with Crippen molar-refractivity contribution >= 4 is 43.5 Å². The highest BCUT2D eigenvalue weighted by Crippen LogP contribution is 2.43. The van der Waals surface area contributed by atoms with Crippen molar-refractivity contribution in [3.63, 3.8) is 0 Å². The van der Waals surface area contributed by atoms with Gasteiger partial charge in [0.1, 0.15) is 11.2 Å². The molecule has 0 unspecified atom stereocenters. The minimum Gasteiger partial charge on any atom is -0.455 e. The highest BCUT2D eigenvalue weighted by Gasteiger charge is 2.18. The Morgan fingerprint density at radius 3 is 1.62 bits per heavy atom. The van der Waals surface area contributed by atoms with Crippen molar-refractivity contribution in [2.45, 2.75) is 0 Å². The third-order valence-electron chi connectivity index (χ3n) is 8.81. The van der Waals surface area contributed by atoms with Gasteiger partial charge in [0.15, 0.2) is 0 Å². The summed E-state index contributed by atoms with van der Waals surface area (Å²) < 4.78 is 6.69. The zero-order valence-corrected chi connectivity index (χ0v) is 24.3. The predicted octanol–water partition coefficient (Wildman–Crippen LogP) is 11.4. The molecule has 6 aromatic carbocycles. The fourth-order valence-corrected chi connectivity index (χ4v) is 6.64. The van der Waals surface area contributed by atoms with E-state index >= 15 is 0 Å². The van der Waals surface area contributed by atoms with Crippen LogP contribution in [-0.4, -0.2) is 9.97 Å². The number of furan rings is 1. The molecule has 0 N–H and O–H groups in total. The van der Waals surface area contributed by atoms with Gasteiger partial charge >= 0.3 is 0 Å². The SMILES string of the molecule is c1cncc(-c2cc(-c3ccc(-c4cc5ccccc5c5c4oc4ccc6ccccc6c45)cc3)cc(-c3cccnc3)c2)c1. The monoisotopic (exact) mass is 574 g/mol. The lowest BCUT2D eigenvalue weighted by Crippen LogP contribution is -1.88. The number of aromatic nitrogens is 2. The van der Waals surface area contributed by atoms with Crippen LogP contribution in [0.15, 0.2) is 163 Å². The summed E-state index contributed by atoms with van der Waals surface area (Å²) in [4.78, 5) is 8.74. The first kappa shape index (κ1) is 25.4. The van der Waals surface area contributed by atoms with E-state index in [1.165, 1.54) is 32.3 Å². The average molecular weight is 575 g/mol. The standard InChI is InChI=1S/C42H26N2O/c1-3-11-36-28(7-1)17-18-39-40(36)41-37-12-4-2-8-30(37)24-38(42(41)45-39)29-15-13-27(14-16-29)33-21-34(31-9-5-19-43-25-31)23-35(22-33)32-10-6-20-44-26-32/h1-26H. The maximum absolute atomic E-state index is 6.69. The number of hydrogen-bond donors (Lipinski definition) is 0. The Labute approximate surface area is 260 Å². The molecule has 3 aromatic heterocycles. The van der Waals surface area contributed by atoms with E-state index in [4.69, 9.17) is 4.42 Å². The molecule has 3 heterocycles. The third-order valence-corrected chi connectivity index (χ3v) is 8.81. The Hall–Kier alpha value is -6.06. The number of nitrogens with zero attached hydrogens (tertiary/aromatic N) is 2. The second-order valence-electron chi connectivity index (χ2n) is 11.5. The van der Waals surface area contributed by atoms with E-state index in [-0.39, 0.29) is 0 Å². The molecule has 0 aliphatic rings. The molecule has 0 atom stereocenters. The lowest BCUT2D eigenvalue weighted by atomic mass is 9.92. The van der Waals surface area contributed by atoms with Crippen LogP contribution in [0.25, 0.3) is 88.0 Å². The summed E-state index contributed by atoms with van der Waals surface area (Å²) in [5, 5.41) is 7.18. The van der Waals surface area contributed by atoms with Crippen molar-refractivity contribution in [2.75, 3.05) is 0 Å². The summed E-state index contributed by atoms with van der Waals surface area (Å²) in [6.07, 6.45) is 7.44. The van der Waals surface area contributed by atoms with Gasteiger partial charge in [-0.15, -0.1) is 0 Å². The molecule has 0 saturated heterocycles. The van der Waals surface area contributed by atoms with Crippen LogP contribution in [0.2, 0.25) is 0 Å². The lowest BCUT2D eigenvalue weighted by Gasteiger charge is -2.12. The molecule has 0 bridgehead atoms. The van der Waals surface area contributed by atoms with Crippen molar-refractivity contribution in [1.29, 1.82) is 0 Å². The van der Waals surface area contributed by atoms with Crippen molar-refractivity contribution in [2.24, 2.45) is 0 Å². The number of benzene rings is 6. The second kappa shape index (κ2) is 10.3. The number of pyridine rings is 2. The van der Waals surface area contributed by atoms with Gasteiger partial charge in [-0.25, -0.2) is 0 Å². The second-order valence-corrected chi connectivity index (χ2v) is 11.5. The zero-order valence-electron chi connectivity index (χ0n) is 24.3. The first-order valence-corrected chi connectivity index (χ1v) is 15.1. The smallest absolute Gasteiger partial charge is 0.143 e. The van der Waals surface area contributed by atoms with Crippen molar-refractivity contribution < 1.29 is 4.42 Å². The largest absolute Gasteiger partial charge is 0.455 e. The molecule has 0 saturated carbocycles. The quantitative estimate of drug-likeness (QED) is 0.210. The van der Waals surface area contributed by atoms with Crippen LogP contribution in [0.5, 0.6) is 0 Å². The summed E-state index contributed by atoms with van der Waals surface area (Å²) >= 11 is 0. The fraction of sp³-hybridized carbons (Fsp3) is 0. The van der Waals surface area contributed by atoms with Gasteiger partial charge in [0.25, 0.3) is 0 Å². The average Bonchev–Trinajstić information content (AvgIpc) is 3.53. The highest BCUT2D eigenvalue weighted by molar-refractivity contribution is 6.28. The van der Waals surface area contributed by atoms with Gasteiger partial charge < -0.3 is 4.42 Å². The van der Waals surface area contributed by atoms with E-state index in [9.17, 15) is 0 Å². The normalized spacial score (nSPS) is 11.6.